The molecular formula is C14H14N2O4. The molecule has 6 heteroatoms. The third-order valence-electron chi connectivity index (χ3n) is 2.84. The third-order valence-corrected chi connectivity index (χ3v) is 2.84. The van der Waals surface area contributed by atoms with E-state index >= 15 is 0 Å². The van der Waals surface area contributed by atoms with E-state index in [1.54, 1.807) is 32.0 Å². The lowest BCUT2D eigenvalue weighted by Gasteiger charge is -2.10. The number of nitro groups is 1. The highest BCUT2D eigenvalue weighted by molar-refractivity contribution is 5.45. The predicted octanol–water partition coefficient (Wildman–Crippen LogP) is 3.14. The SMILES string of the molecule is Cc1ccc([N+](=O)[O-])cc1Oc1cc([C@@H](C)O)ccn1. The van der Waals surface area contributed by atoms with E-state index in [-0.39, 0.29) is 11.6 Å². The smallest absolute Gasteiger partial charge is 0.273 e. The summed E-state index contributed by atoms with van der Waals surface area (Å²) in [7, 11) is 0. The Bertz CT molecular complexity index is 641. The van der Waals surface area contributed by atoms with Crippen molar-refractivity contribution < 1.29 is 14.8 Å². The number of rotatable bonds is 4. The fourth-order valence-corrected chi connectivity index (χ4v) is 1.67. The molecule has 1 aromatic carbocycles. The molecule has 0 aliphatic rings. The number of hydrogen-bond donors (Lipinski definition) is 1. The van der Waals surface area contributed by atoms with E-state index in [0.717, 1.165) is 5.56 Å². The molecule has 0 saturated heterocycles. The molecule has 0 spiro atoms. The van der Waals surface area contributed by atoms with Crippen molar-refractivity contribution in [2.24, 2.45) is 0 Å². The molecule has 1 N–H and O–H groups in total. The van der Waals surface area contributed by atoms with Gasteiger partial charge in [0, 0.05) is 18.3 Å². The van der Waals surface area contributed by atoms with Crippen molar-refractivity contribution in [2.45, 2.75) is 20.0 Å². The first kappa shape index (κ1) is 14.0. The molecule has 0 bridgehead atoms. The van der Waals surface area contributed by atoms with E-state index in [4.69, 9.17) is 4.74 Å². The fraction of sp³-hybridized carbons (Fsp3) is 0.214. The zero-order valence-corrected chi connectivity index (χ0v) is 11.1. The highest BCUT2D eigenvalue weighted by Crippen LogP contribution is 2.28. The summed E-state index contributed by atoms with van der Waals surface area (Å²) in [5.74, 6) is 0.654. The largest absolute Gasteiger partial charge is 0.438 e. The topological polar surface area (TPSA) is 85.5 Å². The molecule has 104 valence electrons. The van der Waals surface area contributed by atoms with Crippen LogP contribution >= 0.6 is 0 Å². The number of ether oxygens (including phenoxy) is 1. The highest BCUT2D eigenvalue weighted by Gasteiger charge is 2.11. The van der Waals surface area contributed by atoms with Gasteiger partial charge in [-0.1, -0.05) is 0 Å². The summed E-state index contributed by atoms with van der Waals surface area (Å²) >= 11 is 0. The van der Waals surface area contributed by atoms with Gasteiger partial charge < -0.3 is 9.84 Å². The second-order valence-electron chi connectivity index (χ2n) is 4.41. The Hall–Kier alpha value is -2.47. The Balaban J connectivity index is 2.32. The van der Waals surface area contributed by atoms with Crippen molar-refractivity contribution in [3.05, 3.63) is 57.8 Å². The first-order chi connectivity index (χ1) is 9.47. The molecule has 1 atom stereocenters. The van der Waals surface area contributed by atoms with Crippen molar-refractivity contribution in [2.75, 3.05) is 0 Å². The van der Waals surface area contributed by atoms with Gasteiger partial charge in [0.1, 0.15) is 5.75 Å². The maximum Gasteiger partial charge on any atom is 0.273 e. The van der Waals surface area contributed by atoms with Crippen LogP contribution in [0.2, 0.25) is 0 Å². The van der Waals surface area contributed by atoms with Gasteiger partial charge in [0.05, 0.1) is 17.1 Å². The zero-order chi connectivity index (χ0) is 14.7. The standard InChI is InChI=1S/C14H14N2O4/c1-9-3-4-12(16(18)19)8-13(9)20-14-7-11(10(2)17)5-6-15-14/h3-8,10,17H,1-2H3/t10-/m1/s1. The van der Waals surface area contributed by atoms with Crippen LogP contribution in [0, 0.1) is 17.0 Å². The second kappa shape index (κ2) is 5.66. The number of non-ortho nitro benzene ring substituents is 1. The van der Waals surface area contributed by atoms with E-state index in [2.05, 4.69) is 4.98 Å². The highest BCUT2D eigenvalue weighted by atomic mass is 16.6. The Morgan fingerprint density at radius 3 is 2.75 bits per heavy atom. The molecule has 0 amide bonds. The fourth-order valence-electron chi connectivity index (χ4n) is 1.67. The monoisotopic (exact) mass is 274 g/mol. The number of aromatic nitrogens is 1. The maximum atomic E-state index is 10.8. The van der Waals surface area contributed by atoms with Crippen molar-refractivity contribution in [3.8, 4) is 11.6 Å². The van der Waals surface area contributed by atoms with Gasteiger partial charge in [-0.25, -0.2) is 4.98 Å². The van der Waals surface area contributed by atoms with Gasteiger partial charge in [0.15, 0.2) is 0 Å². The summed E-state index contributed by atoms with van der Waals surface area (Å²) in [6.45, 7) is 3.43. The first-order valence-electron chi connectivity index (χ1n) is 6.04. The number of nitrogens with zero attached hydrogens (tertiary/aromatic N) is 2. The number of pyridine rings is 1. The van der Waals surface area contributed by atoms with Gasteiger partial charge in [-0.15, -0.1) is 0 Å². The summed E-state index contributed by atoms with van der Waals surface area (Å²) in [6, 6.07) is 7.67. The second-order valence-corrected chi connectivity index (χ2v) is 4.41. The lowest BCUT2D eigenvalue weighted by molar-refractivity contribution is -0.384. The Kier molecular flexibility index (Phi) is 3.95. The molecule has 2 aromatic rings. The summed E-state index contributed by atoms with van der Waals surface area (Å²) in [5, 5.41) is 20.3. The molecule has 0 saturated carbocycles. The van der Waals surface area contributed by atoms with Gasteiger partial charge in [-0.3, -0.25) is 10.1 Å². The van der Waals surface area contributed by atoms with Gasteiger partial charge in [-0.2, -0.15) is 0 Å². The van der Waals surface area contributed by atoms with Crippen LogP contribution in [0.1, 0.15) is 24.2 Å². The van der Waals surface area contributed by atoms with Crippen molar-refractivity contribution in [1.29, 1.82) is 0 Å². The molecule has 20 heavy (non-hydrogen) atoms. The van der Waals surface area contributed by atoms with Gasteiger partial charge >= 0.3 is 0 Å². The lowest BCUT2D eigenvalue weighted by atomic mass is 10.2. The van der Waals surface area contributed by atoms with Crippen LogP contribution in [-0.2, 0) is 0 Å². The molecule has 6 nitrogen and oxygen atoms in total. The molecular weight excluding hydrogens is 260 g/mol. The predicted molar refractivity (Wildman–Crippen MR) is 72.8 cm³/mol. The van der Waals surface area contributed by atoms with Crippen LogP contribution in [0.3, 0.4) is 0 Å². The number of nitro benzene ring substituents is 1. The average molecular weight is 274 g/mol. The van der Waals surface area contributed by atoms with Crippen molar-refractivity contribution >= 4 is 5.69 Å². The molecule has 0 radical (unpaired) electrons. The molecule has 0 aliphatic heterocycles. The number of aryl methyl sites for hydroxylation is 1. The first-order valence-corrected chi connectivity index (χ1v) is 6.04. The Morgan fingerprint density at radius 2 is 2.10 bits per heavy atom. The van der Waals surface area contributed by atoms with Crippen molar-refractivity contribution in [3.63, 3.8) is 0 Å². The van der Waals surface area contributed by atoms with Crippen LogP contribution in [0.5, 0.6) is 11.6 Å². The summed E-state index contributed by atoms with van der Waals surface area (Å²) < 4.78 is 5.56. The molecule has 1 heterocycles. The summed E-state index contributed by atoms with van der Waals surface area (Å²) in [5.41, 5.74) is 1.38. The van der Waals surface area contributed by atoms with E-state index in [1.165, 1.54) is 18.3 Å². The maximum absolute atomic E-state index is 10.8. The normalized spacial score (nSPS) is 11.9. The molecule has 0 fully saturated rings. The van der Waals surface area contributed by atoms with Gasteiger partial charge in [-0.05, 0) is 37.1 Å². The molecule has 2 rings (SSSR count). The zero-order valence-electron chi connectivity index (χ0n) is 11.1. The van der Waals surface area contributed by atoms with E-state index in [9.17, 15) is 15.2 Å². The van der Waals surface area contributed by atoms with E-state index < -0.39 is 11.0 Å². The minimum absolute atomic E-state index is 0.0442. The van der Waals surface area contributed by atoms with Crippen LogP contribution in [0.4, 0.5) is 5.69 Å². The minimum Gasteiger partial charge on any atom is -0.438 e. The molecule has 0 aliphatic carbocycles. The van der Waals surface area contributed by atoms with Crippen LogP contribution < -0.4 is 4.74 Å². The average Bonchev–Trinajstić information content (AvgIpc) is 2.41. The minimum atomic E-state index is -0.633. The number of hydrogen-bond acceptors (Lipinski definition) is 5. The van der Waals surface area contributed by atoms with Gasteiger partial charge in [0.2, 0.25) is 5.88 Å². The lowest BCUT2D eigenvalue weighted by Crippen LogP contribution is -1.96. The number of aliphatic hydroxyl groups excluding tert-OH is 1. The van der Waals surface area contributed by atoms with E-state index in [0.29, 0.717) is 11.3 Å². The third kappa shape index (κ3) is 3.10. The van der Waals surface area contributed by atoms with Crippen LogP contribution in [-0.4, -0.2) is 15.0 Å². The summed E-state index contributed by atoms with van der Waals surface area (Å²) in [4.78, 5) is 14.3. The molecule has 1 aromatic heterocycles. The summed E-state index contributed by atoms with van der Waals surface area (Å²) in [6.07, 6.45) is 0.885. The van der Waals surface area contributed by atoms with Crippen LogP contribution in [0.15, 0.2) is 36.5 Å². The Morgan fingerprint density at radius 1 is 1.35 bits per heavy atom. The number of benzene rings is 1. The van der Waals surface area contributed by atoms with Gasteiger partial charge in [0.25, 0.3) is 5.69 Å². The van der Waals surface area contributed by atoms with Crippen LogP contribution in [0.25, 0.3) is 0 Å². The molecule has 0 unspecified atom stereocenters. The van der Waals surface area contributed by atoms with E-state index in [1.807, 2.05) is 0 Å². The quantitative estimate of drug-likeness (QED) is 0.683. The Labute approximate surface area is 115 Å². The van der Waals surface area contributed by atoms with Crippen molar-refractivity contribution in [1.82, 2.24) is 4.98 Å². The number of aliphatic hydroxyl groups is 1.